The first-order valence-corrected chi connectivity index (χ1v) is 12.5. The number of thioether (sulfide) groups is 1. The van der Waals surface area contributed by atoms with E-state index in [-0.39, 0.29) is 5.82 Å². The average molecular weight is 449 g/mol. The molecule has 1 atom stereocenters. The number of ether oxygens (including phenoxy) is 1. The minimum atomic E-state index is -0.253. The Morgan fingerprint density at radius 1 is 0.812 bits per heavy atom. The van der Waals surface area contributed by atoms with Crippen LogP contribution in [0.25, 0.3) is 0 Å². The van der Waals surface area contributed by atoms with Gasteiger partial charge in [0.1, 0.15) is 17.3 Å². The monoisotopic (exact) mass is 448 g/mol. The van der Waals surface area contributed by atoms with Gasteiger partial charge in [0.15, 0.2) is 0 Å². The number of hydrogen-bond donors (Lipinski definition) is 0. The maximum absolute atomic E-state index is 13.1. The second-order valence-electron chi connectivity index (χ2n) is 8.58. The van der Waals surface area contributed by atoms with E-state index >= 15 is 0 Å². The molecule has 0 bridgehead atoms. The number of piperidine rings is 1. The van der Waals surface area contributed by atoms with Crippen molar-refractivity contribution in [3.63, 3.8) is 0 Å². The van der Waals surface area contributed by atoms with Crippen molar-refractivity contribution >= 4 is 11.8 Å². The van der Waals surface area contributed by atoms with Crippen LogP contribution in [0.15, 0.2) is 78.9 Å². The van der Waals surface area contributed by atoms with Gasteiger partial charge >= 0.3 is 0 Å². The lowest BCUT2D eigenvalue weighted by Gasteiger charge is -2.39. The molecule has 0 radical (unpaired) electrons. The zero-order valence-corrected chi connectivity index (χ0v) is 19.0. The average Bonchev–Trinajstić information content (AvgIpc) is 3.32. The number of rotatable bonds is 6. The Bertz CT molecular complexity index is 988. The molecule has 0 saturated carbocycles. The molecular formula is C27H29FN2OS. The Morgan fingerprint density at radius 3 is 2.16 bits per heavy atom. The highest BCUT2D eigenvalue weighted by atomic mass is 32.2. The summed E-state index contributed by atoms with van der Waals surface area (Å²) in [7, 11) is 0. The minimum absolute atomic E-state index is 0.253. The predicted molar refractivity (Wildman–Crippen MR) is 130 cm³/mol. The molecule has 2 aliphatic rings. The van der Waals surface area contributed by atoms with Crippen LogP contribution in [0, 0.1) is 5.82 Å². The van der Waals surface area contributed by atoms with Crippen molar-refractivity contribution in [1.82, 2.24) is 9.80 Å². The quantitative estimate of drug-likeness (QED) is 0.438. The highest BCUT2D eigenvalue weighted by Gasteiger charge is 2.34. The van der Waals surface area contributed by atoms with Crippen molar-refractivity contribution in [1.29, 1.82) is 0 Å². The van der Waals surface area contributed by atoms with Crippen molar-refractivity contribution in [2.45, 2.75) is 30.8 Å². The van der Waals surface area contributed by atoms with Crippen molar-refractivity contribution in [3.05, 3.63) is 95.8 Å². The number of benzene rings is 3. The van der Waals surface area contributed by atoms with Crippen LogP contribution >= 0.6 is 11.8 Å². The van der Waals surface area contributed by atoms with Crippen LogP contribution in [0.3, 0.4) is 0 Å². The van der Waals surface area contributed by atoms with E-state index in [4.69, 9.17) is 4.74 Å². The first kappa shape index (κ1) is 21.5. The Morgan fingerprint density at radius 2 is 1.47 bits per heavy atom. The summed E-state index contributed by atoms with van der Waals surface area (Å²) < 4.78 is 19.0. The Kier molecular flexibility index (Phi) is 6.77. The van der Waals surface area contributed by atoms with Crippen LogP contribution in [0.5, 0.6) is 11.5 Å². The second kappa shape index (κ2) is 10.1. The van der Waals surface area contributed by atoms with Crippen LogP contribution in [-0.4, -0.2) is 41.2 Å². The molecule has 0 N–H and O–H groups in total. The van der Waals surface area contributed by atoms with Crippen molar-refractivity contribution in [2.75, 3.05) is 25.4 Å². The van der Waals surface area contributed by atoms with Gasteiger partial charge in [-0.25, -0.2) is 4.39 Å². The van der Waals surface area contributed by atoms with E-state index in [0.717, 1.165) is 31.9 Å². The third-order valence-electron chi connectivity index (χ3n) is 6.42. The van der Waals surface area contributed by atoms with Gasteiger partial charge in [-0.3, -0.25) is 9.80 Å². The van der Waals surface area contributed by atoms with Gasteiger partial charge in [-0.2, -0.15) is 0 Å². The van der Waals surface area contributed by atoms with E-state index < -0.39 is 0 Å². The minimum Gasteiger partial charge on any atom is -0.457 e. The van der Waals surface area contributed by atoms with E-state index in [1.807, 2.05) is 23.9 Å². The first-order valence-electron chi connectivity index (χ1n) is 11.4. The summed E-state index contributed by atoms with van der Waals surface area (Å²) in [6.07, 6.45) is 2.46. The molecule has 166 valence electrons. The second-order valence-corrected chi connectivity index (χ2v) is 9.77. The summed E-state index contributed by atoms with van der Waals surface area (Å²) in [6, 6.07) is 26.0. The van der Waals surface area contributed by atoms with E-state index in [1.54, 1.807) is 12.1 Å². The number of nitrogens with zero attached hydrogens (tertiary/aromatic N) is 2. The summed E-state index contributed by atoms with van der Waals surface area (Å²) in [5, 5.41) is 0.417. The number of hydrogen-bond acceptors (Lipinski definition) is 4. The SMILES string of the molecule is Fc1ccc(Oc2ccc(C3SCCN3C3CCN(Cc4ccccc4)CC3)cc2)cc1. The fourth-order valence-corrected chi connectivity index (χ4v) is 6.09. The van der Waals surface area contributed by atoms with Crippen molar-refractivity contribution in [2.24, 2.45) is 0 Å². The molecule has 32 heavy (non-hydrogen) atoms. The smallest absolute Gasteiger partial charge is 0.127 e. The maximum atomic E-state index is 13.1. The fourth-order valence-electron chi connectivity index (χ4n) is 4.73. The third-order valence-corrected chi connectivity index (χ3v) is 7.69. The highest BCUT2D eigenvalue weighted by Crippen LogP contribution is 2.41. The van der Waals surface area contributed by atoms with E-state index in [1.165, 1.54) is 41.9 Å². The number of halogens is 1. The zero-order valence-electron chi connectivity index (χ0n) is 18.2. The summed E-state index contributed by atoms with van der Waals surface area (Å²) in [6.45, 7) is 4.55. The van der Waals surface area contributed by atoms with Gasteiger partial charge in [0.25, 0.3) is 0 Å². The maximum Gasteiger partial charge on any atom is 0.127 e. The van der Waals surface area contributed by atoms with Crippen molar-refractivity contribution < 1.29 is 9.13 Å². The molecule has 2 heterocycles. The predicted octanol–water partition coefficient (Wildman–Crippen LogP) is 6.33. The molecule has 0 spiro atoms. The van der Waals surface area contributed by atoms with Crippen LogP contribution in [0.2, 0.25) is 0 Å². The first-order chi connectivity index (χ1) is 15.7. The van der Waals surface area contributed by atoms with E-state index in [2.05, 4.69) is 52.3 Å². The third kappa shape index (κ3) is 5.17. The molecule has 2 saturated heterocycles. The molecule has 5 rings (SSSR count). The van der Waals surface area contributed by atoms with Gasteiger partial charge in [0.2, 0.25) is 0 Å². The van der Waals surface area contributed by atoms with Gasteiger partial charge in [-0.15, -0.1) is 11.8 Å². The van der Waals surface area contributed by atoms with Gasteiger partial charge in [0.05, 0.1) is 5.37 Å². The molecule has 5 heteroatoms. The normalized spacial score (nSPS) is 20.5. The molecule has 3 nitrogen and oxygen atoms in total. The van der Waals surface area contributed by atoms with Crippen LogP contribution in [0.4, 0.5) is 4.39 Å². The largest absolute Gasteiger partial charge is 0.457 e. The summed E-state index contributed by atoms with van der Waals surface area (Å²) in [5.41, 5.74) is 2.74. The van der Waals surface area contributed by atoms with Crippen molar-refractivity contribution in [3.8, 4) is 11.5 Å². The summed E-state index contributed by atoms with van der Waals surface area (Å²) >= 11 is 2.04. The summed E-state index contributed by atoms with van der Waals surface area (Å²) in [5.74, 6) is 2.36. The molecule has 3 aromatic rings. The molecule has 0 amide bonds. The molecule has 3 aromatic carbocycles. The molecule has 1 unspecified atom stereocenters. The fraction of sp³-hybridized carbons (Fsp3) is 0.333. The van der Waals surface area contributed by atoms with Gasteiger partial charge in [0, 0.05) is 24.9 Å². The standard InChI is InChI=1S/C27H29FN2OS/c28-23-8-12-26(13-9-23)31-25-10-6-22(7-11-25)27-30(18-19-32-27)24-14-16-29(17-15-24)20-21-4-2-1-3-5-21/h1-13,24,27H,14-20H2. The van der Waals surface area contributed by atoms with E-state index in [9.17, 15) is 4.39 Å². The molecule has 2 aliphatic heterocycles. The lowest BCUT2D eigenvalue weighted by molar-refractivity contribution is 0.107. The lowest BCUT2D eigenvalue weighted by atomic mass is 10.0. The van der Waals surface area contributed by atoms with Crippen LogP contribution < -0.4 is 4.74 Å². The highest BCUT2D eigenvalue weighted by molar-refractivity contribution is 7.99. The molecule has 0 aromatic heterocycles. The zero-order chi connectivity index (χ0) is 21.8. The number of likely N-dealkylation sites (tertiary alicyclic amines) is 1. The Balaban J connectivity index is 1.18. The van der Waals surface area contributed by atoms with Gasteiger partial charge in [-0.1, -0.05) is 42.5 Å². The summed E-state index contributed by atoms with van der Waals surface area (Å²) in [4.78, 5) is 5.30. The van der Waals surface area contributed by atoms with Gasteiger partial charge < -0.3 is 4.74 Å². The Labute approximate surface area is 194 Å². The Hall–Kier alpha value is -2.34. The van der Waals surface area contributed by atoms with Crippen LogP contribution in [0.1, 0.15) is 29.3 Å². The van der Waals surface area contributed by atoms with Gasteiger partial charge in [-0.05, 0) is 73.5 Å². The topological polar surface area (TPSA) is 15.7 Å². The van der Waals surface area contributed by atoms with Crippen LogP contribution in [-0.2, 0) is 6.54 Å². The lowest BCUT2D eigenvalue weighted by Crippen LogP contribution is -2.44. The molecular weight excluding hydrogens is 419 g/mol. The molecule has 0 aliphatic carbocycles. The van der Waals surface area contributed by atoms with E-state index in [0.29, 0.717) is 17.2 Å². The molecule has 2 fully saturated rings.